The van der Waals surface area contributed by atoms with Crippen LogP contribution in [0, 0.1) is 0 Å². The van der Waals surface area contributed by atoms with Crippen molar-refractivity contribution in [3.63, 3.8) is 0 Å². The van der Waals surface area contributed by atoms with Gasteiger partial charge in [-0.15, -0.1) is 0 Å². The van der Waals surface area contributed by atoms with Gasteiger partial charge in [0.2, 0.25) is 5.91 Å². The van der Waals surface area contributed by atoms with Gasteiger partial charge in [0, 0.05) is 20.6 Å². The van der Waals surface area contributed by atoms with E-state index in [1.165, 1.54) is 0 Å². The van der Waals surface area contributed by atoms with Crippen LogP contribution in [0.2, 0.25) is 5.02 Å². The van der Waals surface area contributed by atoms with Crippen molar-refractivity contribution in [2.24, 2.45) is 5.73 Å². The van der Waals surface area contributed by atoms with E-state index >= 15 is 0 Å². The second-order valence-corrected chi connectivity index (χ2v) is 6.16. The Labute approximate surface area is 141 Å². The summed E-state index contributed by atoms with van der Waals surface area (Å²) in [6, 6.07) is 11.0. The molecule has 22 heavy (non-hydrogen) atoms. The number of carbonyl (C=O) groups excluding carboxylic acids is 2. The van der Waals surface area contributed by atoms with Crippen LogP contribution in [0.5, 0.6) is 0 Å². The second-order valence-electron chi connectivity index (χ2n) is 4.80. The fourth-order valence-corrected chi connectivity index (χ4v) is 2.30. The first-order chi connectivity index (χ1) is 10.4. The molecule has 3 N–H and O–H groups in total. The lowest BCUT2D eigenvalue weighted by atomic mass is 10.0. The van der Waals surface area contributed by atoms with E-state index < -0.39 is 6.04 Å². The predicted octanol–water partition coefficient (Wildman–Crippen LogP) is 3.62. The van der Waals surface area contributed by atoms with Gasteiger partial charge in [0.25, 0.3) is 0 Å². The monoisotopic (exact) mass is 380 g/mol. The second kappa shape index (κ2) is 7.05. The molecule has 0 aliphatic rings. The molecule has 0 radical (unpaired) electrons. The summed E-state index contributed by atoms with van der Waals surface area (Å²) in [4.78, 5) is 24.4. The van der Waals surface area contributed by atoms with Crippen LogP contribution in [0.4, 0.5) is 5.69 Å². The van der Waals surface area contributed by atoms with E-state index in [-0.39, 0.29) is 11.7 Å². The van der Waals surface area contributed by atoms with Crippen LogP contribution in [0.15, 0.2) is 46.9 Å². The predicted molar refractivity (Wildman–Crippen MR) is 91.3 cm³/mol. The molecule has 1 unspecified atom stereocenters. The number of halogens is 2. The van der Waals surface area contributed by atoms with Gasteiger partial charge in [0.1, 0.15) is 0 Å². The lowest BCUT2D eigenvalue weighted by molar-refractivity contribution is -0.117. The lowest BCUT2D eigenvalue weighted by Gasteiger charge is -2.12. The van der Waals surface area contributed by atoms with E-state index in [1.807, 2.05) is 0 Å². The molecule has 0 saturated carbocycles. The van der Waals surface area contributed by atoms with Crippen molar-refractivity contribution >= 4 is 44.9 Å². The molecule has 0 aromatic heterocycles. The van der Waals surface area contributed by atoms with Gasteiger partial charge in [-0.3, -0.25) is 9.59 Å². The molecule has 2 rings (SSSR count). The van der Waals surface area contributed by atoms with Crippen LogP contribution in [-0.4, -0.2) is 17.7 Å². The minimum atomic E-state index is -0.665. The smallest absolute Gasteiger partial charge is 0.241 e. The van der Waals surface area contributed by atoms with Gasteiger partial charge < -0.3 is 11.1 Å². The molecular weight excluding hydrogens is 368 g/mol. The highest BCUT2D eigenvalue weighted by Gasteiger charge is 2.17. The normalized spacial score (nSPS) is 11.8. The van der Waals surface area contributed by atoms with Gasteiger partial charge in [0.15, 0.2) is 5.78 Å². The molecule has 4 nitrogen and oxygen atoms in total. The maximum Gasteiger partial charge on any atom is 0.241 e. The molecule has 2 aromatic rings. The van der Waals surface area contributed by atoms with E-state index in [0.717, 1.165) is 4.47 Å². The van der Waals surface area contributed by atoms with Gasteiger partial charge in [-0.2, -0.15) is 0 Å². The van der Waals surface area contributed by atoms with E-state index in [1.54, 1.807) is 49.4 Å². The number of hydrogen-bond acceptors (Lipinski definition) is 3. The van der Waals surface area contributed by atoms with Gasteiger partial charge in [-0.1, -0.05) is 27.5 Å². The Bertz CT molecular complexity index is 715. The maximum atomic E-state index is 12.6. The SMILES string of the molecule is CC(N)C(=O)Nc1ccc(Br)cc1C(=O)c1ccc(Cl)cc1. The number of amides is 1. The standard InChI is InChI=1S/C16H14BrClN2O2/c1-9(19)16(22)20-14-7-4-11(17)8-13(14)15(21)10-2-5-12(18)6-3-10/h2-9H,19H2,1H3,(H,20,22). The number of rotatable bonds is 4. The van der Waals surface area contributed by atoms with Gasteiger partial charge in [-0.25, -0.2) is 0 Å². The van der Waals surface area contributed by atoms with Crippen LogP contribution < -0.4 is 11.1 Å². The highest BCUT2D eigenvalue weighted by Crippen LogP contribution is 2.24. The summed E-state index contributed by atoms with van der Waals surface area (Å²) in [5.41, 5.74) is 6.83. The molecule has 2 aromatic carbocycles. The molecule has 0 heterocycles. The van der Waals surface area contributed by atoms with Crippen LogP contribution in [0.1, 0.15) is 22.8 Å². The summed E-state index contributed by atoms with van der Waals surface area (Å²) < 4.78 is 0.739. The van der Waals surface area contributed by atoms with Crippen molar-refractivity contribution in [2.75, 3.05) is 5.32 Å². The first-order valence-corrected chi connectivity index (χ1v) is 7.72. The molecule has 0 bridgehead atoms. The summed E-state index contributed by atoms with van der Waals surface area (Å²) in [5.74, 6) is -0.564. The fraction of sp³-hybridized carbons (Fsp3) is 0.125. The number of anilines is 1. The quantitative estimate of drug-likeness (QED) is 0.795. The maximum absolute atomic E-state index is 12.6. The molecule has 0 fully saturated rings. The minimum Gasteiger partial charge on any atom is -0.324 e. The molecule has 1 amide bonds. The summed E-state index contributed by atoms with van der Waals surface area (Å²) in [6.07, 6.45) is 0. The molecule has 0 aliphatic carbocycles. The van der Waals surface area contributed by atoms with Crippen molar-refractivity contribution in [1.82, 2.24) is 0 Å². The fourth-order valence-electron chi connectivity index (χ4n) is 1.82. The average molecular weight is 382 g/mol. The highest BCUT2D eigenvalue weighted by atomic mass is 79.9. The largest absolute Gasteiger partial charge is 0.324 e. The van der Waals surface area contributed by atoms with Crippen LogP contribution >= 0.6 is 27.5 Å². The molecular formula is C16H14BrClN2O2. The molecule has 6 heteroatoms. The van der Waals surface area contributed by atoms with E-state index in [4.69, 9.17) is 17.3 Å². The third kappa shape index (κ3) is 3.94. The van der Waals surface area contributed by atoms with Crippen molar-refractivity contribution in [3.8, 4) is 0 Å². The number of nitrogens with two attached hydrogens (primary N) is 1. The zero-order valence-corrected chi connectivity index (χ0v) is 14.1. The van der Waals surface area contributed by atoms with Gasteiger partial charge >= 0.3 is 0 Å². The molecule has 0 spiro atoms. The van der Waals surface area contributed by atoms with Crippen molar-refractivity contribution in [2.45, 2.75) is 13.0 Å². The molecule has 0 saturated heterocycles. The summed E-state index contributed by atoms with van der Waals surface area (Å²) >= 11 is 9.17. The number of hydrogen-bond donors (Lipinski definition) is 2. The van der Waals surface area contributed by atoms with E-state index in [0.29, 0.717) is 21.8 Å². The first kappa shape index (κ1) is 16.7. The number of benzene rings is 2. The van der Waals surface area contributed by atoms with Gasteiger partial charge in [-0.05, 0) is 49.4 Å². The Morgan fingerprint density at radius 3 is 2.41 bits per heavy atom. The number of ketones is 1. The Morgan fingerprint density at radius 2 is 1.82 bits per heavy atom. The van der Waals surface area contributed by atoms with Crippen molar-refractivity contribution in [3.05, 3.63) is 63.1 Å². The molecule has 1 atom stereocenters. The summed E-state index contributed by atoms with van der Waals surface area (Å²) in [5, 5.41) is 3.22. The topological polar surface area (TPSA) is 72.2 Å². The van der Waals surface area contributed by atoms with Gasteiger partial charge in [0.05, 0.1) is 11.7 Å². The number of carbonyl (C=O) groups is 2. The van der Waals surface area contributed by atoms with Crippen molar-refractivity contribution < 1.29 is 9.59 Å². The summed E-state index contributed by atoms with van der Waals surface area (Å²) in [6.45, 7) is 1.58. The van der Waals surface area contributed by atoms with Crippen molar-refractivity contribution in [1.29, 1.82) is 0 Å². The zero-order valence-electron chi connectivity index (χ0n) is 11.8. The summed E-state index contributed by atoms with van der Waals surface area (Å²) in [7, 11) is 0. The van der Waals surface area contributed by atoms with E-state index in [9.17, 15) is 9.59 Å². The Balaban J connectivity index is 2.40. The van der Waals surface area contributed by atoms with Crippen LogP contribution in [-0.2, 0) is 4.79 Å². The lowest BCUT2D eigenvalue weighted by Crippen LogP contribution is -2.33. The number of nitrogens with one attached hydrogen (secondary N) is 1. The Hall–Kier alpha value is -1.69. The Morgan fingerprint density at radius 1 is 1.18 bits per heavy atom. The third-order valence-electron chi connectivity index (χ3n) is 3.00. The minimum absolute atomic E-state index is 0.210. The first-order valence-electron chi connectivity index (χ1n) is 6.54. The average Bonchev–Trinajstić information content (AvgIpc) is 2.49. The van der Waals surface area contributed by atoms with Crippen LogP contribution in [0.3, 0.4) is 0 Å². The van der Waals surface area contributed by atoms with E-state index in [2.05, 4.69) is 21.2 Å². The Kier molecular flexibility index (Phi) is 5.34. The van der Waals surface area contributed by atoms with Crippen LogP contribution in [0.25, 0.3) is 0 Å². The molecule has 0 aliphatic heterocycles. The highest BCUT2D eigenvalue weighted by molar-refractivity contribution is 9.10. The third-order valence-corrected chi connectivity index (χ3v) is 3.75. The molecule has 114 valence electrons. The zero-order chi connectivity index (χ0) is 16.3.